The Morgan fingerprint density at radius 2 is 1.88 bits per heavy atom. The van der Waals surface area contributed by atoms with Gasteiger partial charge in [0.05, 0.1) is 19.3 Å². The smallest absolute Gasteiger partial charge is 0.273 e. The summed E-state index contributed by atoms with van der Waals surface area (Å²) in [6.07, 6.45) is 3.59. The minimum atomic E-state index is -0.675. The van der Waals surface area contributed by atoms with Crippen molar-refractivity contribution in [2.24, 2.45) is 5.73 Å². The topological polar surface area (TPSA) is 112 Å². The average molecular weight is 358 g/mol. The molecular formula is C18H26N6O2. The largest absolute Gasteiger partial charge is 0.382 e. The molecule has 1 fully saturated rings. The molecule has 8 nitrogen and oxygen atoms in total. The summed E-state index contributed by atoms with van der Waals surface area (Å²) < 4.78 is 7.66. The van der Waals surface area contributed by atoms with Crippen LogP contribution < -0.4 is 11.5 Å². The highest BCUT2D eigenvalue weighted by atomic mass is 16.5. The first kappa shape index (κ1) is 18.3. The Balaban J connectivity index is 1.68. The Morgan fingerprint density at radius 1 is 1.15 bits per heavy atom. The van der Waals surface area contributed by atoms with Gasteiger partial charge in [0.25, 0.3) is 5.91 Å². The molecule has 1 aliphatic rings. The van der Waals surface area contributed by atoms with Crippen molar-refractivity contribution in [3.05, 3.63) is 41.6 Å². The van der Waals surface area contributed by atoms with Gasteiger partial charge >= 0.3 is 0 Å². The number of carbonyl (C=O) groups excluding carboxylic acids is 1. The van der Waals surface area contributed by atoms with Gasteiger partial charge in [-0.15, -0.1) is 5.10 Å². The number of benzene rings is 1. The standard InChI is InChI=1S/C18H26N6O2/c19-17-16(18(20)25)21-22-24(17)12-15(11-23-9-5-2-6-10-23)26-13-14-7-3-1-4-8-14/h1,3-4,7-8,15H,2,5-6,9-13,19H2,(H2,20,25). The van der Waals surface area contributed by atoms with Gasteiger partial charge in [-0.1, -0.05) is 42.0 Å². The van der Waals surface area contributed by atoms with Crippen molar-refractivity contribution in [1.82, 2.24) is 19.9 Å². The second kappa shape index (κ2) is 8.77. The highest BCUT2D eigenvalue weighted by Crippen LogP contribution is 2.14. The second-order valence-corrected chi connectivity index (χ2v) is 6.65. The van der Waals surface area contributed by atoms with Crippen LogP contribution in [0.4, 0.5) is 5.82 Å². The average Bonchev–Trinajstić information content (AvgIpc) is 3.02. The van der Waals surface area contributed by atoms with E-state index in [1.54, 1.807) is 0 Å². The molecule has 8 heteroatoms. The predicted octanol–water partition coefficient (Wildman–Crippen LogP) is 1.03. The normalized spacial score (nSPS) is 16.5. The third-order valence-electron chi connectivity index (χ3n) is 4.62. The van der Waals surface area contributed by atoms with Crippen LogP contribution in [0.1, 0.15) is 35.3 Å². The van der Waals surface area contributed by atoms with Crippen LogP contribution in [0.3, 0.4) is 0 Å². The number of amides is 1. The summed E-state index contributed by atoms with van der Waals surface area (Å²) in [4.78, 5) is 13.7. The molecule has 1 aliphatic heterocycles. The van der Waals surface area contributed by atoms with Gasteiger partial charge in [0.15, 0.2) is 11.5 Å². The van der Waals surface area contributed by atoms with Gasteiger partial charge in [0, 0.05) is 6.54 Å². The molecule has 4 N–H and O–H groups in total. The van der Waals surface area contributed by atoms with E-state index in [9.17, 15) is 4.79 Å². The highest BCUT2D eigenvalue weighted by molar-refractivity contribution is 5.94. The van der Waals surface area contributed by atoms with Gasteiger partial charge in [-0.05, 0) is 31.5 Å². The zero-order valence-electron chi connectivity index (χ0n) is 14.9. The zero-order chi connectivity index (χ0) is 18.4. The molecule has 1 saturated heterocycles. The molecule has 3 rings (SSSR count). The van der Waals surface area contributed by atoms with Crippen LogP contribution in [-0.2, 0) is 17.9 Å². The highest BCUT2D eigenvalue weighted by Gasteiger charge is 2.21. The van der Waals surface area contributed by atoms with E-state index in [-0.39, 0.29) is 17.6 Å². The van der Waals surface area contributed by atoms with Crippen LogP contribution in [0.15, 0.2) is 30.3 Å². The molecule has 0 saturated carbocycles. The molecule has 140 valence electrons. The number of primary amides is 1. The van der Waals surface area contributed by atoms with Crippen LogP contribution >= 0.6 is 0 Å². The molecule has 2 aromatic rings. The first-order chi connectivity index (χ1) is 12.6. The zero-order valence-corrected chi connectivity index (χ0v) is 14.9. The number of nitrogen functional groups attached to an aromatic ring is 1. The molecular weight excluding hydrogens is 332 g/mol. The number of piperidine rings is 1. The van der Waals surface area contributed by atoms with Crippen molar-refractivity contribution in [1.29, 1.82) is 0 Å². The van der Waals surface area contributed by atoms with Crippen molar-refractivity contribution in [3.8, 4) is 0 Å². The maximum absolute atomic E-state index is 11.3. The van der Waals surface area contributed by atoms with Gasteiger partial charge < -0.3 is 21.1 Å². The Labute approximate surface area is 153 Å². The number of likely N-dealkylation sites (tertiary alicyclic amines) is 1. The van der Waals surface area contributed by atoms with E-state index >= 15 is 0 Å². The van der Waals surface area contributed by atoms with Crippen molar-refractivity contribution < 1.29 is 9.53 Å². The molecule has 2 heterocycles. The minimum Gasteiger partial charge on any atom is -0.382 e. The summed E-state index contributed by atoms with van der Waals surface area (Å²) in [5.74, 6) is -0.490. The lowest BCUT2D eigenvalue weighted by Crippen LogP contribution is -2.39. The van der Waals surface area contributed by atoms with Crippen molar-refractivity contribution in [3.63, 3.8) is 0 Å². The molecule has 0 spiro atoms. The molecule has 1 aromatic heterocycles. The fourth-order valence-electron chi connectivity index (χ4n) is 3.21. The Hall–Kier alpha value is -2.45. The van der Waals surface area contributed by atoms with Crippen LogP contribution in [-0.4, -0.2) is 51.5 Å². The van der Waals surface area contributed by atoms with Gasteiger partial charge in [-0.25, -0.2) is 4.68 Å². The number of aromatic nitrogens is 3. The van der Waals surface area contributed by atoms with Gasteiger partial charge in [-0.3, -0.25) is 4.79 Å². The number of hydrogen-bond donors (Lipinski definition) is 2. The summed E-state index contributed by atoms with van der Waals surface area (Å²) in [7, 11) is 0. The predicted molar refractivity (Wildman–Crippen MR) is 98.3 cm³/mol. The fourth-order valence-corrected chi connectivity index (χ4v) is 3.21. The fraction of sp³-hybridized carbons (Fsp3) is 0.500. The lowest BCUT2D eigenvalue weighted by Gasteiger charge is -2.30. The first-order valence-electron chi connectivity index (χ1n) is 9.00. The van der Waals surface area contributed by atoms with E-state index in [0.29, 0.717) is 13.2 Å². The molecule has 1 atom stereocenters. The monoisotopic (exact) mass is 358 g/mol. The summed E-state index contributed by atoms with van der Waals surface area (Å²) in [6, 6.07) is 10.0. The lowest BCUT2D eigenvalue weighted by molar-refractivity contribution is -0.0000989. The number of anilines is 1. The summed E-state index contributed by atoms with van der Waals surface area (Å²) in [6.45, 7) is 3.87. The maximum Gasteiger partial charge on any atom is 0.273 e. The van der Waals surface area contributed by atoms with Gasteiger partial charge in [0.2, 0.25) is 0 Å². The van der Waals surface area contributed by atoms with Crippen LogP contribution in [0.5, 0.6) is 0 Å². The van der Waals surface area contributed by atoms with Crippen LogP contribution in [0, 0.1) is 0 Å². The third-order valence-corrected chi connectivity index (χ3v) is 4.62. The number of rotatable bonds is 8. The quantitative estimate of drug-likeness (QED) is 0.729. The molecule has 0 bridgehead atoms. The second-order valence-electron chi connectivity index (χ2n) is 6.65. The Morgan fingerprint density at radius 3 is 2.54 bits per heavy atom. The van der Waals surface area contributed by atoms with E-state index < -0.39 is 5.91 Å². The summed E-state index contributed by atoms with van der Waals surface area (Å²) in [5.41, 5.74) is 12.3. The minimum absolute atomic E-state index is 0.00443. The number of ether oxygens (including phenoxy) is 1. The van der Waals surface area contributed by atoms with Gasteiger partial charge in [0.1, 0.15) is 0 Å². The van der Waals surface area contributed by atoms with E-state index in [1.165, 1.54) is 23.9 Å². The lowest BCUT2D eigenvalue weighted by atomic mass is 10.1. The maximum atomic E-state index is 11.3. The van der Waals surface area contributed by atoms with E-state index in [2.05, 4.69) is 15.2 Å². The van der Waals surface area contributed by atoms with E-state index in [4.69, 9.17) is 16.2 Å². The van der Waals surface area contributed by atoms with Crippen LogP contribution in [0.2, 0.25) is 0 Å². The molecule has 1 unspecified atom stereocenters. The number of hydrogen-bond acceptors (Lipinski definition) is 6. The van der Waals surface area contributed by atoms with Crippen molar-refractivity contribution >= 4 is 11.7 Å². The van der Waals surface area contributed by atoms with E-state index in [1.807, 2.05) is 30.3 Å². The van der Waals surface area contributed by atoms with Crippen molar-refractivity contribution in [2.75, 3.05) is 25.4 Å². The molecule has 0 radical (unpaired) electrons. The molecule has 1 amide bonds. The molecule has 26 heavy (non-hydrogen) atoms. The Kier molecular flexibility index (Phi) is 6.19. The molecule has 0 aliphatic carbocycles. The summed E-state index contributed by atoms with van der Waals surface area (Å²) in [5, 5.41) is 7.74. The van der Waals surface area contributed by atoms with Gasteiger partial charge in [-0.2, -0.15) is 0 Å². The van der Waals surface area contributed by atoms with Crippen LogP contribution in [0.25, 0.3) is 0 Å². The summed E-state index contributed by atoms with van der Waals surface area (Å²) >= 11 is 0. The molecule has 1 aromatic carbocycles. The number of nitrogens with zero attached hydrogens (tertiary/aromatic N) is 4. The number of nitrogens with two attached hydrogens (primary N) is 2. The first-order valence-corrected chi connectivity index (χ1v) is 9.00. The van der Waals surface area contributed by atoms with Crippen molar-refractivity contribution in [2.45, 2.75) is 38.5 Å². The Bertz CT molecular complexity index is 712. The SMILES string of the molecule is NC(=O)c1nnn(CC(CN2CCCCC2)OCc2ccccc2)c1N. The van der Waals surface area contributed by atoms with E-state index in [0.717, 1.165) is 25.2 Å². The number of carbonyl (C=O) groups is 1. The third kappa shape index (κ3) is 4.80.